The van der Waals surface area contributed by atoms with Gasteiger partial charge in [0.25, 0.3) is 0 Å². The fourth-order valence-corrected chi connectivity index (χ4v) is 4.66. The first-order valence-electron chi connectivity index (χ1n) is 9.26. The summed E-state index contributed by atoms with van der Waals surface area (Å²) in [6.45, 7) is 14.0. The summed E-state index contributed by atoms with van der Waals surface area (Å²) >= 11 is 1.92. The molecule has 0 nitrogen and oxygen atoms in total. The Hall–Kier alpha value is -1.34. The molecule has 0 saturated heterocycles. The smallest absolute Gasteiger partial charge is 0.0355 e. The quantitative estimate of drug-likeness (QED) is 0.445. The van der Waals surface area contributed by atoms with E-state index in [0.717, 1.165) is 6.42 Å². The van der Waals surface area contributed by atoms with Crippen molar-refractivity contribution in [3.8, 4) is 0 Å². The molecule has 1 heterocycles. The average molecular weight is 339 g/mol. The maximum atomic E-state index is 2.45. The summed E-state index contributed by atoms with van der Waals surface area (Å²) in [6, 6.07) is 14.2. The van der Waals surface area contributed by atoms with Crippen LogP contribution in [-0.2, 0) is 10.8 Å². The van der Waals surface area contributed by atoms with Crippen molar-refractivity contribution in [2.45, 2.75) is 71.6 Å². The fraction of sp³-hybridized carbons (Fsp3) is 0.478. The molecule has 2 aromatic carbocycles. The van der Waals surface area contributed by atoms with E-state index in [9.17, 15) is 0 Å². The Labute approximate surface area is 150 Å². The van der Waals surface area contributed by atoms with E-state index < -0.39 is 0 Å². The maximum absolute atomic E-state index is 2.45. The number of hydrogen-bond acceptors (Lipinski definition) is 1. The zero-order valence-corrected chi connectivity index (χ0v) is 16.8. The molecular weight excluding hydrogens is 308 g/mol. The zero-order valence-electron chi connectivity index (χ0n) is 16.0. The van der Waals surface area contributed by atoms with Gasteiger partial charge in [0, 0.05) is 20.2 Å². The molecule has 0 spiro atoms. The SMILES string of the molecule is CCCC(C)(C)c1ccc2sc3ccc(C(C)(C)CC)cc3c2c1. The summed E-state index contributed by atoms with van der Waals surface area (Å²) in [6.07, 6.45) is 3.62. The van der Waals surface area contributed by atoms with Crippen LogP contribution in [0.2, 0.25) is 0 Å². The Kier molecular flexibility index (Phi) is 4.51. The van der Waals surface area contributed by atoms with E-state index >= 15 is 0 Å². The van der Waals surface area contributed by atoms with Gasteiger partial charge in [0.1, 0.15) is 0 Å². The molecule has 0 atom stereocenters. The van der Waals surface area contributed by atoms with Crippen molar-refractivity contribution >= 4 is 31.5 Å². The van der Waals surface area contributed by atoms with Crippen molar-refractivity contribution in [2.24, 2.45) is 0 Å². The zero-order chi connectivity index (χ0) is 17.5. The van der Waals surface area contributed by atoms with Gasteiger partial charge < -0.3 is 0 Å². The highest BCUT2D eigenvalue weighted by Gasteiger charge is 2.22. The summed E-state index contributed by atoms with van der Waals surface area (Å²) in [5.74, 6) is 0. The van der Waals surface area contributed by atoms with Crippen LogP contribution in [0.15, 0.2) is 36.4 Å². The Morgan fingerprint density at radius 3 is 1.71 bits per heavy atom. The van der Waals surface area contributed by atoms with Crippen molar-refractivity contribution in [2.75, 3.05) is 0 Å². The fourth-order valence-electron chi connectivity index (χ4n) is 3.59. The van der Waals surface area contributed by atoms with Gasteiger partial charge in [-0.3, -0.25) is 0 Å². The number of hydrogen-bond donors (Lipinski definition) is 0. The van der Waals surface area contributed by atoms with Crippen LogP contribution in [0.4, 0.5) is 0 Å². The minimum absolute atomic E-state index is 0.238. The van der Waals surface area contributed by atoms with Crippen LogP contribution in [0, 0.1) is 0 Å². The normalized spacial score (nSPS) is 13.1. The van der Waals surface area contributed by atoms with Gasteiger partial charge in [-0.1, -0.05) is 60.1 Å². The van der Waals surface area contributed by atoms with E-state index in [0.29, 0.717) is 0 Å². The highest BCUT2D eigenvalue weighted by molar-refractivity contribution is 7.25. The van der Waals surface area contributed by atoms with Crippen molar-refractivity contribution in [3.05, 3.63) is 47.5 Å². The predicted molar refractivity (Wildman–Crippen MR) is 111 cm³/mol. The van der Waals surface area contributed by atoms with Gasteiger partial charge in [-0.2, -0.15) is 0 Å². The second kappa shape index (κ2) is 6.19. The summed E-state index contributed by atoms with van der Waals surface area (Å²) in [4.78, 5) is 0. The lowest BCUT2D eigenvalue weighted by molar-refractivity contribution is 0.473. The second-order valence-electron chi connectivity index (χ2n) is 8.40. The molecule has 0 radical (unpaired) electrons. The van der Waals surface area contributed by atoms with Crippen molar-refractivity contribution in [1.29, 1.82) is 0 Å². The number of benzene rings is 2. The highest BCUT2D eigenvalue weighted by atomic mass is 32.1. The van der Waals surface area contributed by atoms with E-state index in [1.165, 1.54) is 44.1 Å². The summed E-state index contributed by atoms with van der Waals surface area (Å²) in [5, 5.41) is 2.87. The summed E-state index contributed by atoms with van der Waals surface area (Å²) in [7, 11) is 0. The molecule has 0 amide bonds. The Bertz CT molecular complexity index is 864. The monoisotopic (exact) mass is 338 g/mol. The lowest BCUT2D eigenvalue weighted by atomic mass is 9.80. The number of rotatable bonds is 5. The van der Waals surface area contributed by atoms with Crippen molar-refractivity contribution in [3.63, 3.8) is 0 Å². The van der Waals surface area contributed by atoms with E-state index in [4.69, 9.17) is 0 Å². The summed E-state index contributed by atoms with van der Waals surface area (Å²) < 4.78 is 2.82. The third kappa shape index (κ3) is 2.99. The van der Waals surface area contributed by atoms with E-state index in [1.54, 1.807) is 0 Å². The maximum Gasteiger partial charge on any atom is 0.0355 e. The largest absolute Gasteiger partial charge is 0.135 e. The number of thiophene rings is 1. The van der Waals surface area contributed by atoms with Gasteiger partial charge >= 0.3 is 0 Å². The Morgan fingerprint density at radius 1 is 0.750 bits per heavy atom. The first kappa shape index (κ1) is 17.5. The average Bonchev–Trinajstić information content (AvgIpc) is 2.91. The van der Waals surface area contributed by atoms with Crippen LogP contribution in [0.5, 0.6) is 0 Å². The predicted octanol–water partition coefficient (Wildman–Crippen LogP) is 7.82. The van der Waals surface area contributed by atoms with Crippen LogP contribution >= 0.6 is 11.3 Å². The Morgan fingerprint density at radius 2 is 1.25 bits per heavy atom. The first-order chi connectivity index (χ1) is 11.3. The van der Waals surface area contributed by atoms with Crippen LogP contribution < -0.4 is 0 Å². The Balaban J connectivity index is 2.20. The standard InChI is InChI=1S/C23H30S/c1-7-13-23(5,6)17-10-12-21-19(15-17)18-14-16(22(3,4)8-2)9-11-20(18)24-21/h9-12,14-15H,7-8,13H2,1-6H3. The second-order valence-corrected chi connectivity index (χ2v) is 9.48. The molecule has 0 saturated carbocycles. The van der Waals surface area contributed by atoms with Gasteiger partial charge in [-0.05, 0) is 59.1 Å². The molecule has 3 aromatic rings. The van der Waals surface area contributed by atoms with Gasteiger partial charge in [0.2, 0.25) is 0 Å². The van der Waals surface area contributed by atoms with Crippen LogP contribution in [0.25, 0.3) is 20.2 Å². The lowest BCUT2D eigenvalue weighted by Crippen LogP contribution is -2.16. The number of fused-ring (bicyclic) bond motifs is 3. The molecule has 1 heteroatoms. The van der Waals surface area contributed by atoms with E-state index in [2.05, 4.69) is 77.9 Å². The van der Waals surface area contributed by atoms with Crippen molar-refractivity contribution < 1.29 is 0 Å². The molecule has 128 valence electrons. The molecule has 0 unspecified atom stereocenters. The molecule has 0 N–H and O–H groups in total. The summed E-state index contributed by atoms with van der Waals surface area (Å²) in [5.41, 5.74) is 3.41. The third-order valence-corrected chi connectivity index (χ3v) is 6.94. The minimum Gasteiger partial charge on any atom is -0.135 e. The molecule has 3 rings (SSSR count). The van der Waals surface area contributed by atoms with Gasteiger partial charge in [-0.25, -0.2) is 0 Å². The van der Waals surface area contributed by atoms with Crippen LogP contribution in [0.3, 0.4) is 0 Å². The molecule has 1 aromatic heterocycles. The first-order valence-corrected chi connectivity index (χ1v) is 10.1. The van der Waals surface area contributed by atoms with Gasteiger partial charge in [-0.15, -0.1) is 11.3 Å². The topological polar surface area (TPSA) is 0 Å². The van der Waals surface area contributed by atoms with Crippen molar-refractivity contribution in [1.82, 2.24) is 0 Å². The van der Waals surface area contributed by atoms with E-state index in [-0.39, 0.29) is 10.8 Å². The third-order valence-electron chi connectivity index (χ3n) is 5.79. The molecule has 24 heavy (non-hydrogen) atoms. The molecule has 0 aliphatic rings. The molecule has 0 bridgehead atoms. The van der Waals surface area contributed by atoms with Gasteiger partial charge in [0.15, 0.2) is 0 Å². The molecule has 0 aliphatic carbocycles. The highest BCUT2D eigenvalue weighted by Crippen LogP contribution is 2.40. The van der Waals surface area contributed by atoms with Gasteiger partial charge in [0.05, 0.1) is 0 Å². The molecular formula is C23H30S. The van der Waals surface area contributed by atoms with Crippen LogP contribution in [-0.4, -0.2) is 0 Å². The van der Waals surface area contributed by atoms with E-state index in [1.807, 2.05) is 11.3 Å². The lowest BCUT2D eigenvalue weighted by Gasteiger charge is -2.25. The minimum atomic E-state index is 0.238. The van der Waals surface area contributed by atoms with Crippen LogP contribution in [0.1, 0.15) is 71.9 Å². The molecule has 0 aliphatic heterocycles. The molecule has 0 fully saturated rings.